The Balaban J connectivity index is 2.11. The first-order valence-corrected chi connectivity index (χ1v) is 6.42. The average Bonchev–Trinajstić information content (AvgIpc) is 2.35. The summed E-state index contributed by atoms with van der Waals surface area (Å²) in [6.07, 6.45) is 3.17. The Morgan fingerprint density at radius 3 is 2.95 bits per heavy atom. The molecular weight excluding hydrogens is 244 g/mol. The molecule has 5 heteroatoms. The van der Waals surface area contributed by atoms with E-state index in [2.05, 4.69) is 10.3 Å². The number of aldehydes is 1. The van der Waals surface area contributed by atoms with E-state index >= 15 is 0 Å². The van der Waals surface area contributed by atoms with Crippen LogP contribution in [0.2, 0.25) is 0 Å². The molecule has 5 nitrogen and oxygen atoms in total. The van der Waals surface area contributed by atoms with Crippen LogP contribution in [0, 0.1) is 0 Å². The number of rotatable bonds is 5. The first kappa shape index (κ1) is 13.5. The van der Waals surface area contributed by atoms with Gasteiger partial charge in [0.2, 0.25) is 11.8 Å². The number of amides is 1. The first-order chi connectivity index (χ1) is 9.00. The smallest absolute Gasteiger partial charge is 0.225 e. The summed E-state index contributed by atoms with van der Waals surface area (Å²) in [4.78, 5) is 26.1. The molecule has 0 radical (unpaired) electrons. The summed E-state index contributed by atoms with van der Waals surface area (Å²) in [6.45, 7) is 3.83. The van der Waals surface area contributed by atoms with E-state index in [-0.39, 0.29) is 5.91 Å². The van der Waals surface area contributed by atoms with Gasteiger partial charge in [-0.05, 0) is 38.3 Å². The van der Waals surface area contributed by atoms with E-state index in [1.54, 1.807) is 6.07 Å². The summed E-state index contributed by atoms with van der Waals surface area (Å²) in [5, 5.41) is 2.74. The Morgan fingerprint density at radius 2 is 2.21 bits per heavy atom. The quantitative estimate of drug-likeness (QED) is 0.825. The number of carbonyl (C=O) groups excluding carboxylic acids is 2. The van der Waals surface area contributed by atoms with Crippen molar-refractivity contribution in [1.29, 1.82) is 0 Å². The largest absolute Gasteiger partial charge is 0.472 e. The molecule has 1 N–H and O–H groups in total. The Kier molecular flexibility index (Phi) is 3.83. The fraction of sp³-hybridized carbons (Fsp3) is 0.500. The molecule has 0 aliphatic carbocycles. The highest BCUT2D eigenvalue weighted by molar-refractivity contribution is 5.92. The number of pyridine rings is 1. The minimum Gasteiger partial charge on any atom is -0.472 e. The summed E-state index contributed by atoms with van der Waals surface area (Å²) in [5.74, 6) is 1.04. The van der Waals surface area contributed by atoms with Crippen LogP contribution in [0.1, 0.15) is 38.7 Å². The van der Waals surface area contributed by atoms with Crippen molar-refractivity contribution in [3.05, 3.63) is 17.7 Å². The molecule has 1 aromatic rings. The van der Waals surface area contributed by atoms with Crippen molar-refractivity contribution in [2.75, 3.05) is 5.32 Å². The minimum absolute atomic E-state index is 0.0163. The molecule has 0 bridgehead atoms. The summed E-state index contributed by atoms with van der Waals surface area (Å²) in [7, 11) is 0. The zero-order valence-corrected chi connectivity index (χ0v) is 11.2. The molecule has 0 spiro atoms. The standard InChI is InChI=1S/C14H18N2O3/c1-14(2,8-3-9-17)19-12-7-5-10-4-6-11(18)15-13(10)16-12/h5,7,9H,3-4,6,8H2,1-2H3,(H,15,16,18). The van der Waals surface area contributed by atoms with Gasteiger partial charge >= 0.3 is 0 Å². The van der Waals surface area contributed by atoms with Crippen LogP contribution in [-0.2, 0) is 16.0 Å². The van der Waals surface area contributed by atoms with Gasteiger partial charge < -0.3 is 14.8 Å². The van der Waals surface area contributed by atoms with Crippen LogP contribution >= 0.6 is 0 Å². The molecule has 0 saturated carbocycles. The molecule has 2 heterocycles. The number of aryl methyl sites for hydroxylation is 1. The number of fused-ring (bicyclic) bond motifs is 1. The number of aromatic nitrogens is 1. The van der Waals surface area contributed by atoms with Crippen molar-refractivity contribution >= 4 is 18.0 Å². The molecule has 0 fully saturated rings. The van der Waals surface area contributed by atoms with Gasteiger partial charge in [-0.2, -0.15) is 4.98 Å². The summed E-state index contributed by atoms with van der Waals surface area (Å²) in [5.41, 5.74) is 0.568. The van der Waals surface area contributed by atoms with E-state index in [1.807, 2.05) is 19.9 Å². The second-order valence-electron chi connectivity index (χ2n) is 5.27. The van der Waals surface area contributed by atoms with Gasteiger partial charge in [0.15, 0.2) is 0 Å². The predicted molar refractivity (Wildman–Crippen MR) is 71.2 cm³/mol. The lowest BCUT2D eigenvalue weighted by Gasteiger charge is -2.26. The summed E-state index contributed by atoms with van der Waals surface area (Å²) < 4.78 is 5.78. The van der Waals surface area contributed by atoms with Crippen LogP contribution in [0.15, 0.2) is 12.1 Å². The molecule has 0 unspecified atom stereocenters. The van der Waals surface area contributed by atoms with Gasteiger partial charge in [-0.3, -0.25) is 4.79 Å². The van der Waals surface area contributed by atoms with E-state index in [4.69, 9.17) is 4.74 Å². The molecule has 2 rings (SSSR count). The van der Waals surface area contributed by atoms with Gasteiger partial charge in [0.25, 0.3) is 0 Å². The van der Waals surface area contributed by atoms with Gasteiger partial charge in [-0.15, -0.1) is 0 Å². The Labute approximate surface area is 112 Å². The third kappa shape index (κ3) is 3.53. The third-order valence-electron chi connectivity index (χ3n) is 3.08. The van der Waals surface area contributed by atoms with Gasteiger partial charge in [0, 0.05) is 18.9 Å². The molecule has 0 atom stereocenters. The van der Waals surface area contributed by atoms with E-state index in [1.165, 1.54) is 0 Å². The highest BCUT2D eigenvalue weighted by atomic mass is 16.5. The van der Waals surface area contributed by atoms with E-state index in [0.29, 0.717) is 37.4 Å². The van der Waals surface area contributed by atoms with Crippen LogP contribution in [0.3, 0.4) is 0 Å². The van der Waals surface area contributed by atoms with Gasteiger partial charge in [-0.1, -0.05) is 0 Å². The van der Waals surface area contributed by atoms with Crippen LogP contribution < -0.4 is 10.1 Å². The number of hydrogen-bond donors (Lipinski definition) is 1. The Bertz CT molecular complexity index is 497. The topological polar surface area (TPSA) is 68.3 Å². The van der Waals surface area contributed by atoms with E-state index in [0.717, 1.165) is 11.8 Å². The highest BCUT2D eigenvalue weighted by Gasteiger charge is 2.22. The van der Waals surface area contributed by atoms with Gasteiger partial charge in [0.1, 0.15) is 17.7 Å². The van der Waals surface area contributed by atoms with Gasteiger partial charge in [-0.25, -0.2) is 0 Å². The predicted octanol–water partition coefficient (Wildman–Crippen LogP) is 2.10. The van der Waals surface area contributed by atoms with Gasteiger partial charge in [0.05, 0.1) is 0 Å². The van der Waals surface area contributed by atoms with Crippen molar-refractivity contribution in [3.8, 4) is 5.88 Å². The lowest BCUT2D eigenvalue weighted by atomic mass is 10.0. The Hall–Kier alpha value is -1.91. The number of nitrogens with one attached hydrogen (secondary N) is 1. The minimum atomic E-state index is -0.458. The van der Waals surface area contributed by atoms with E-state index in [9.17, 15) is 9.59 Å². The zero-order valence-electron chi connectivity index (χ0n) is 11.2. The third-order valence-corrected chi connectivity index (χ3v) is 3.08. The average molecular weight is 262 g/mol. The molecule has 0 saturated heterocycles. The van der Waals surface area contributed by atoms with Crippen LogP contribution in [0.5, 0.6) is 5.88 Å². The van der Waals surface area contributed by atoms with Crippen LogP contribution in [0.4, 0.5) is 5.82 Å². The lowest BCUT2D eigenvalue weighted by molar-refractivity contribution is -0.116. The SMILES string of the molecule is CC(C)(CCC=O)Oc1ccc2c(n1)NC(=O)CC2. The first-order valence-electron chi connectivity index (χ1n) is 6.42. The number of nitrogens with zero attached hydrogens (tertiary/aromatic N) is 1. The molecule has 1 aliphatic rings. The maximum absolute atomic E-state index is 11.3. The molecule has 1 aliphatic heterocycles. The lowest BCUT2D eigenvalue weighted by Crippen LogP contribution is -2.29. The second-order valence-corrected chi connectivity index (χ2v) is 5.27. The van der Waals surface area contributed by atoms with Crippen molar-refractivity contribution < 1.29 is 14.3 Å². The fourth-order valence-electron chi connectivity index (χ4n) is 2.02. The number of anilines is 1. The van der Waals surface area contributed by atoms with E-state index < -0.39 is 5.60 Å². The number of carbonyl (C=O) groups is 2. The molecule has 0 aromatic carbocycles. The molecule has 19 heavy (non-hydrogen) atoms. The summed E-state index contributed by atoms with van der Waals surface area (Å²) >= 11 is 0. The monoisotopic (exact) mass is 262 g/mol. The maximum atomic E-state index is 11.3. The van der Waals surface area contributed by atoms with Crippen molar-refractivity contribution in [2.24, 2.45) is 0 Å². The Morgan fingerprint density at radius 1 is 1.42 bits per heavy atom. The fourth-order valence-corrected chi connectivity index (χ4v) is 2.02. The second kappa shape index (κ2) is 5.38. The highest BCUT2D eigenvalue weighted by Crippen LogP contribution is 2.26. The zero-order chi connectivity index (χ0) is 13.9. The van der Waals surface area contributed by atoms with Crippen LogP contribution in [-0.4, -0.2) is 22.8 Å². The molecule has 1 amide bonds. The molecular formula is C14H18N2O3. The van der Waals surface area contributed by atoms with Crippen molar-refractivity contribution in [3.63, 3.8) is 0 Å². The maximum Gasteiger partial charge on any atom is 0.225 e. The van der Waals surface area contributed by atoms with Crippen molar-refractivity contribution in [1.82, 2.24) is 4.98 Å². The number of hydrogen-bond acceptors (Lipinski definition) is 4. The molecule has 102 valence electrons. The number of ether oxygens (including phenoxy) is 1. The van der Waals surface area contributed by atoms with Crippen molar-refractivity contribution in [2.45, 2.75) is 45.1 Å². The van der Waals surface area contributed by atoms with Crippen LogP contribution in [0.25, 0.3) is 0 Å². The normalized spacial score (nSPS) is 14.5. The molecule has 1 aromatic heterocycles. The summed E-state index contributed by atoms with van der Waals surface area (Å²) in [6, 6.07) is 3.73.